The van der Waals surface area contributed by atoms with Crippen LogP contribution in [0.25, 0.3) is 5.65 Å². The summed E-state index contributed by atoms with van der Waals surface area (Å²) in [5.74, 6) is 2.45. The van der Waals surface area contributed by atoms with Gasteiger partial charge >= 0.3 is 0 Å². The van der Waals surface area contributed by atoms with Crippen molar-refractivity contribution >= 4 is 11.5 Å². The van der Waals surface area contributed by atoms with Gasteiger partial charge in [0, 0.05) is 12.0 Å². The SMILES string of the molecule is CC(C)CCNc1ccc2nnc(C(C)(C)C)n2n1. The second-order valence-corrected chi connectivity index (χ2v) is 6.37. The van der Waals surface area contributed by atoms with Gasteiger partial charge in [-0.25, -0.2) is 0 Å². The Labute approximate surface area is 114 Å². The molecule has 0 amide bonds. The Morgan fingerprint density at radius 1 is 1.21 bits per heavy atom. The standard InChI is InChI=1S/C14H23N5/c1-10(2)8-9-15-11-6-7-12-16-17-13(14(3,4)5)19(12)18-11/h6-7,10H,8-9H2,1-5H3,(H,15,18). The molecule has 0 atom stereocenters. The van der Waals surface area contributed by atoms with E-state index in [4.69, 9.17) is 0 Å². The molecular weight excluding hydrogens is 238 g/mol. The molecular formula is C14H23N5. The van der Waals surface area contributed by atoms with Crippen molar-refractivity contribution in [3.05, 3.63) is 18.0 Å². The first-order chi connectivity index (χ1) is 8.88. The molecule has 0 aromatic carbocycles. The van der Waals surface area contributed by atoms with Crippen LogP contribution in [-0.2, 0) is 5.41 Å². The van der Waals surface area contributed by atoms with Crippen LogP contribution in [0.3, 0.4) is 0 Å². The minimum Gasteiger partial charge on any atom is -0.369 e. The highest BCUT2D eigenvalue weighted by atomic mass is 15.4. The summed E-state index contributed by atoms with van der Waals surface area (Å²) in [6.07, 6.45) is 1.13. The van der Waals surface area contributed by atoms with Crippen molar-refractivity contribution in [1.29, 1.82) is 0 Å². The maximum Gasteiger partial charge on any atom is 0.178 e. The molecule has 0 saturated carbocycles. The molecule has 2 aromatic heterocycles. The molecule has 0 saturated heterocycles. The van der Waals surface area contributed by atoms with Crippen LogP contribution in [0.4, 0.5) is 5.82 Å². The summed E-state index contributed by atoms with van der Waals surface area (Å²) in [5.41, 5.74) is 0.725. The van der Waals surface area contributed by atoms with Crippen molar-refractivity contribution in [2.24, 2.45) is 5.92 Å². The van der Waals surface area contributed by atoms with E-state index in [-0.39, 0.29) is 5.41 Å². The third kappa shape index (κ3) is 3.22. The molecule has 0 aliphatic carbocycles. The first kappa shape index (κ1) is 13.8. The molecule has 1 N–H and O–H groups in total. The Morgan fingerprint density at radius 2 is 1.95 bits per heavy atom. The van der Waals surface area contributed by atoms with Crippen LogP contribution < -0.4 is 5.32 Å². The van der Waals surface area contributed by atoms with Gasteiger partial charge in [-0.3, -0.25) is 0 Å². The molecule has 0 aliphatic heterocycles. The van der Waals surface area contributed by atoms with Crippen LogP contribution in [-0.4, -0.2) is 26.4 Å². The first-order valence-corrected chi connectivity index (χ1v) is 6.85. The van der Waals surface area contributed by atoms with Gasteiger partial charge in [0.05, 0.1) is 0 Å². The van der Waals surface area contributed by atoms with Gasteiger partial charge in [-0.1, -0.05) is 34.6 Å². The minimum atomic E-state index is -0.0665. The predicted molar refractivity (Wildman–Crippen MR) is 77.4 cm³/mol. The lowest BCUT2D eigenvalue weighted by Gasteiger charge is -2.15. The number of rotatable bonds is 4. The maximum absolute atomic E-state index is 4.58. The van der Waals surface area contributed by atoms with Crippen molar-refractivity contribution in [3.63, 3.8) is 0 Å². The maximum atomic E-state index is 4.58. The summed E-state index contributed by atoms with van der Waals surface area (Å²) in [4.78, 5) is 0. The molecule has 2 aromatic rings. The van der Waals surface area contributed by atoms with E-state index in [0.29, 0.717) is 5.92 Å². The molecule has 104 valence electrons. The van der Waals surface area contributed by atoms with E-state index in [9.17, 15) is 0 Å². The monoisotopic (exact) mass is 261 g/mol. The number of nitrogens with one attached hydrogen (secondary N) is 1. The fourth-order valence-corrected chi connectivity index (χ4v) is 1.84. The number of anilines is 1. The van der Waals surface area contributed by atoms with Gasteiger partial charge in [0.25, 0.3) is 0 Å². The lowest BCUT2D eigenvalue weighted by molar-refractivity contribution is 0.527. The smallest absolute Gasteiger partial charge is 0.178 e. The zero-order valence-electron chi connectivity index (χ0n) is 12.4. The molecule has 0 aliphatic rings. The Bertz CT molecular complexity index is 550. The van der Waals surface area contributed by atoms with Gasteiger partial charge in [0.1, 0.15) is 5.82 Å². The van der Waals surface area contributed by atoms with Crippen LogP contribution in [0.1, 0.15) is 46.9 Å². The van der Waals surface area contributed by atoms with Crippen LogP contribution in [0.5, 0.6) is 0 Å². The van der Waals surface area contributed by atoms with E-state index in [1.54, 1.807) is 0 Å². The van der Waals surface area contributed by atoms with Gasteiger partial charge < -0.3 is 5.32 Å². The topological polar surface area (TPSA) is 55.1 Å². The zero-order valence-corrected chi connectivity index (χ0v) is 12.4. The lowest BCUT2D eigenvalue weighted by atomic mass is 9.96. The van der Waals surface area contributed by atoms with Crippen LogP contribution >= 0.6 is 0 Å². The van der Waals surface area contributed by atoms with Crippen LogP contribution in [0, 0.1) is 5.92 Å². The van der Waals surface area contributed by atoms with Crippen molar-refractivity contribution in [3.8, 4) is 0 Å². The molecule has 0 spiro atoms. The van der Waals surface area contributed by atoms with Gasteiger partial charge in [0.15, 0.2) is 11.5 Å². The largest absolute Gasteiger partial charge is 0.369 e. The summed E-state index contributed by atoms with van der Waals surface area (Å²) < 4.78 is 1.83. The van der Waals surface area contributed by atoms with Crippen molar-refractivity contribution in [1.82, 2.24) is 19.8 Å². The fraction of sp³-hybridized carbons (Fsp3) is 0.643. The zero-order chi connectivity index (χ0) is 14.0. The average Bonchev–Trinajstić information content (AvgIpc) is 2.71. The number of hydrogen-bond acceptors (Lipinski definition) is 4. The van der Waals surface area contributed by atoms with Crippen molar-refractivity contribution in [2.75, 3.05) is 11.9 Å². The number of aromatic nitrogens is 4. The minimum absolute atomic E-state index is 0.0665. The first-order valence-electron chi connectivity index (χ1n) is 6.85. The van der Waals surface area contributed by atoms with Crippen molar-refractivity contribution in [2.45, 2.75) is 46.5 Å². The quantitative estimate of drug-likeness (QED) is 0.919. The highest BCUT2D eigenvalue weighted by molar-refractivity contribution is 5.44. The highest BCUT2D eigenvalue weighted by Gasteiger charge is 2.21. The molecule has 5 nitrogen and oxygen atoms in total. The van der Waals surface area contributed by atoms with Gasteiger partial charge in [-0.2, -0.15) is 4.52 Å². The summed E-state index contributed by atoms with van der Waals surface area (Å²) in [6, 6.07) is 3.91. The van der Waals surface area contributed by atoms with E-state index in [2.05, 4.69) is 55.2 Å². The fourth-order valence-electron chi connectivity index (χ4n) is 1.84. The summed E-state index contributed by atoms with van der Waals surface area (Å²) in [5, 5.41) is 16.3. The number of nitrogens with zero attached hydrogens (tertiary/aromatic N) is 4. The van der Waals surface area contributed by atoms with Gasteiger partial charge in [-0.15, -0.1) is 15.3 Å². The third-order valence-corrected chi connectivity index (χ3v) is 2.96. The Morgan fingerprint density at radius 3 is 2.58 bits per heavy atom. The summed E-state index contributed by atoms with van der Waals surface area (Å²) in [6.45, 7) is 11.7. The van der Waals surface area contributed by atoms with Crippen LogP contribution in [0.15, 0.2) is 12.1 Å². The Kier molecular flexibility index (Phi) is 3.73. The second kappa shape index (κ2) is 5.15. The molecule has 0 unspecified atom stereocenters. The van der Waals surface area contributed by atoms with E-state index >= 15 is 0 Å². The third-order valence-electron chi connectivity index (χ3n) is 2.96. The van der Waals surface area contributed by atoms with Crippen LogP contribution in [0.2, 0.25) is 0 Å². The lowest BCUT2D eigenvalue weighted by Crippen LogP contribution is -2.17. The van der Waals surface area contributed by atoms with E-state index < -0.39 is 0 Å². The Balaban J connectivity index is 2.23. The average molecular weight is 261 g/mol. The molecule has 19 heavy (non-hydrogen) atoms. The molecule has 5 heteroatoms. The van der Waals surface area contributed by atoms with Gasteiger partial charge in [0.2, 0.25) is 0 Å². The van der Waals surface area contributed by atoms with E-state index in [1.165, 1.54) is 0 Å². The summed E-state index contributed by atoms with van der Waals surface area (Å²) in [7, 11) is 0. The molecule has 2 rings (SSSR count). The van der Waals surface area contributed by atoms with Gasteiger partial charge in [-0.05, 0) is 24.5 Å². The highest BCUT2D eigenvalue weighted by Crippen LogP contribution is 2.20. The number of hydrogen-bond donors (Lipinski definition) is 1. The van der Waals surface area contributed by atoms with E-state index in [0.717, 1.165) is 30.3 Å². The van der Waals surface area contributed by atoms with E-state index in [1.807, 2.05) is 16.6 Å². The predicted octanol–water partition coefficient (Wildman–Crippen LogP) is 2.88. The number of fused-ring (bicyclic) bond motifs is 1. The molecule has 0 bridgehead atoms. The second-order valence-electron chi connectivity index (χ2n) is 6.37. The summed E-state index contributed by atoms with van der Waals surface area (Å²) >= 11 is 0. The molecule has 2 heterocycles. The molecule has 0 radical (unpaired) electrons. The normalized spacial score (nSPS) is 12.3. The molecule has 0 fully saturated rings. The van der Waals surface area contributed by atoms with Crippen molar-refractivity contribution < 1.29 is 0 Å². The Hall–Kier alpha value is -1.65.